The van der Waals surface area contributed by atoms with E-state index in [1.165, 1.54) is 14.0 Å². The summed E-state index contributed by atoms with van der Waals surface area (Å²) in [6, 6.07) is 4.88. The van der Waals surface area contributed by atoms with Crippen molar-refractivity contribution in [1.82, 2.24) is 0 Å². The van der Waals surface area contributed by atoms with E-state index in [-0.39, 0.29) is 5.12 Å². The Kier molecular flexibility index (Phi) is 6.14. The average Bonchev–Trinajstić information content (AvgIpc) is 2.37. The average molecular weight is 285 g/mol. The van der Waals surface area contributed by atoms with Crippen LogP contribution in [0.4, 0.5) is 5.69 Å². The van der Waals surface area contributed by atoms with Gasteiger partial charge >= 0.3 is 0 Å². The summed E-state index contributed by atoms with van der Waals surface area (Å²) in [6.07, 6.45) is -1.75. The first-order valence-corrected chi connectivity index (χ1v) is 6.87. The van der Waals surface area contributed by atoms with Gasteiger partial charge in [-0.2, -0.15) is 0 Å². The van der Waals surface area contributed by atoms with Crippen LogP contribution in [0.2, 0.25) is 0 Å². The first kappa shape index (κ1) is 15.8. The van der Waals surface area contributed by atoms with Crippen LogP contribution in [0.15, 0.2) is 18.2 Å². The maximum atomic E-state index is 10.8. The van der Waals surface area contributed by atoms with Crippen LogP contribution in [-0.2, 0) is 4.79 Å². The molecule has 0 aromatic heterocycles. The van der Waals surface area contributed by atoms with Crippen LogP contribution in [0.1, 0.15) is 25.0 Å². The second-order valence-corrected chi connectivity index (χ2v) is 5.41. The SMILES string of the molecule is COc1ccc(N)cc1C(O)C(O)CCSC(C)=O. The normalized spacial score (nSPS) is 13.9. The lowest BCUT2D eigenvalue weighted by molar-refractivity contribution is -0.109. The molecule has 6 heteroatoms. The van der Waals surface area contributed by atoms with Gasteiger partial charge in [0.25, 0.3) is 0 Å². The van der Waals surface area contributed by atoms with Crippen LogP contribution < -0.4 is 10.5 Å². The summed E-state index contributed by atoms with van der Waals surface area (Å²) in [7, 11) is 1.49. The number of hydrogen-bond donors (Lipinski definition) is 3. The number of carbonyl (C=O) groups is 1. The summed E-state index contributed by atoms with van der Waals surface area (Å²) in [5, 5.41) is 20.0. The predicted molar refractivity (Wildman–Crippen MR) is 76.1 cm³/mol. The number of aliphatic hydroxyl groups is 2. The molecular weight excluding hydrogens is 266 g/mol. The van der Waals surface area contributed by atoms with E-state index in [4.69, 9.17) is 10.5 Å². The molecule has 2 unspecified atom stereocenters. The zero-order valence-corrected chi connectivity index (χ0v) is 11.8. The Bertz CT molecular complexity index is 439. The molecule has 1 aromatic rings. The molecule has 0 heterocycles. The zero-order valence-electron chi connectivity index (χ0n) is 11.0. The van der Waals surface area contributed by atoms with E-state index in [1.807, 2.05) is 0 Å². The third kappa shape index (κ3) is 4.74. The van der Waals surface area contributed by atoms with Gasteiger partial charge in [0.15, 0.2) is 5.12 Å². The van der Waals surface area contributed by atoms with Crippen LogP contribution in [0.3, 0.4) is 0 Å². The Morgan fingerprint density at radius 2 is 2.16 bits per heavy atom. The number of hydrogen-bond acceptors (Lipinski definition) is 6. The van der Waals surface area contributed by atoms with Crippen molar-refractivity contribution in [1.29, 1.82) is 0 Å². The van der Waals surface area contributed by atoms with Crippen molar-refractivity contribution in [3.05, 3.63) is 23.8 Å². The van der Waals surface area contributed by atoms with Gasteiger partial charge in [-0.05, 0) is 24.6 Å². The highest BCUT2D eigenvalue weighted by Gasteiger charge is 2.22. The number of benzene rings is 1. The largest absolute Gasteiger partial charge is 0.496 e. The summed E-state index contributed by atoms with van der Waals surface area (Å²) in [4.78, 5) is 10.8. The fourth-order valence-corrected chi connectivity index (χ4v) is 2.32. The Balaban J connectivity index is 2.72. The molecule has 0 saturated carbocycles. The number of ether oxygens (including phenoxy) is 1. The van der Waals surface area contributed by atoms with Crippen molar-refractivity contribution in [2.75, 3.05) is 18.6 Å². The molecule has 0 fully saturated rings. The molecular formula is C13H19NO4S. The van der Waals surface area contributed by atoms with E-state index in [0.29, 0.717) is 29.2 Å². The van der Waals surface area contributed by atoms with Crippen LogP contribution >= 0.6 is 11.8 Å². The number of nitrogens with two attached hydrogens (primary N) is 1. The molecule has 0 aliphatic rings. The van der Waals surface area contributed by atoms with E-state index in [0.717, 1.165) is 11.8 Å². The third-order valence-corrected chi connectivity index (χ3v) is 3.50. The molecule has 1 aromatic carbocycles. The molecule has 0 amide bonds. The first-order valence-electron chi connectivity index (χ1n) is 5.88. The Morgan fingerprint density at radius 1 is 1.47 bits per heavy atom. The van der Waals surface area contributed by atoms with Gasteiger partial charge in [0.2, 0.25) is 0 Å². The number of thioether (sulfide) groups is 1. The summed E-state index contributed by atoms with van der Waals surface area (Å²) in [5.41, 5.74) is 6.60. The zero-order chi connectivity index (χ0) is 14.4. The number of rotatable bonds is 6. The number of nitrogen functional groups attached to an aromatic ring is 1. The van der Waals surface area contributed by atoms with E-state index in [2.05, 4.69) is 0 Å². The second kappa shape index (κ2) is 7.37. The molecule has 106 valence electrons. The van der Waals surface area contributed by atoms with Gasteiger partial charge in [0.05, 0.1) is 13.2 Å². The quantitative estimate of drug-likeness (QED) is 0.683. The van der Waals surface area contributed by atoms with E-state index >= 15 is 0 Å². The Morgan fingerprint density at radius 3 is 2.74 bits per heavy atom. The highest BCUT2D eigenvalue weighted by molar-refractivity contribution is 8.13. The summed E-state index contributed by atoms with van der Waals surface area (Å²) < 4.78 is 5.13. The molecule has 0 radical (unpaired) electrons. The van der Waals surface area contributed by atoms with Gasteiger partial charge in [-0.15, -0.1) is 0 Å². The monoisotopic (exact) mass is 285 g/mol. The molecule has 0 spiro atoms. The lowest BCUT2D eigenvalue weighted by Gasteiger charge is -2.20. The standard InChI is InChI=1S/C13H19NO4S/c1-8(15)19-6-5-11(16)13(17)10-7-9(14)3-4-12(10)18-2/h3-4,7,11,13,16-17H,5-6,14H2,1-2H3. The van der Waals surface area contributed by atoms with Crippen LogP contribution in [0.25, 0.3) is 0 Å². The topological polar surface area (TPSA) is 92.8 Å². The predicted octanol–water partition coefficient (Wildman–Crippen LogP) is 1.34. The van der Waals surface area contributed by atoms with Crippen molar-refractivity contribution in [2.24, 2.45) is 0 Å². The van der Waals surface area contributed by atoms with Gasteiger partial charge < -0.3 is 20.7 Å². The summed E-state index contributed by atoms with van der Waals surface area (Å²) in [6.45, 7) is 1.47. The van der Waals surface area contributed by atoms with Gasteiger partial charge in [-0.25, -0.2) is 0 Å². The second-order valence-electron chi connectivity index (χ2n) is 4.14. The van der Waals surface area contributed by atoms with Gasteiger partial charge in [0.1, 0.15) is 11.9 Å². The molecule has 1 rings (SSSR count). The third-order valence-electron chi connectivity index (χ3n) is 2.66. The van der Waals surface area contributed by atoms with Gasteiger partial charge in [0, 0.05) is 23.9 Å². The number of aliphatic hydroxyl groups excluding tert-OH is 2. The molecule has 19 heavy (non-hydrogen) atoms. The molecule has 5 nitrogen and oxygen atoms in total. The lowest BCUT2D eigenvalue weighted by Crippen LogP contribution is -2.20. The smallest absolute Gasteiger partial charge is 0.185 e. The minimum atomic E-state index is -1.09. The van der Waals surface area contributed by atoms with Crippen molar-refractivity contribution in [3.63, 3.8) is 0 Å². The minimum Gasteiger partial charge on any atom is -0.496 e. The maximum Gasteiger partial charge on any atom is 0.185 e. The minimum absolute atomic E-state index is 0.0109. The van der Waals surface area contributed by atoms with Crippen molar-refractivity contribution in [3.8, 4) is 5.75 Å². The molecule has 0 saturated heterocycles. The fourth-order valence-electron chi connectivity index (χ4n) is 1.67. The number of methoxy groups -OCH3 is 1. The first-order chi connectivity index (χ1) is 8.95. The lowest BCUT2D eigenvalue weighted by atomic mass is 10.0. The maximum absolute atomic E-state index is 10.8. The van der Waals surface area contributed by atoms with Crippen LogP contribution in [0, 0.1) is 0 Å². The number of carbonyl (C=O) groups excluding carboxylic acids is 1. The van der Waals surface area contributed by atoms with Crippen molar-refractivity contribution < 1.29 is 19.7 Å². The number of anilines is 1. The van der Waals surface area contributed by atoms with Crippen molar-refractivity contribution in [2.45, 2.75) is 25.6 Å². The van der Waals surface area contributed by atoms with Crippen LogP contribution in [-0.4, -0.2) is 34.3 Å². The Hall–Kier alpha value is -1.24. The van der Waals surface area contributed by atoms with Gasteiger partial charge in [-0.1, -0.05) is 11.8 Å². The molecule has 0 aliphatic carbocycles. The van der Waals surface area contributed by atoms with E-state index in [9.17, 15) is 15.0 Å². The highest BCUT2D eigenvalue weighted by atomic mass is 32.2. The molecule has 0 aliphatic heterocycles. The van der Waals surface area contributed by atoms with Gasteiger partial charge in [-0.3, -0.25) is 4.79 Å². The fraction of sp³-hybridized carbons (Fsp3) is 0.462. The summed E-state index contributed by atoms with van der Waals surface area (Å²) in [5.74, 6) is 0.929. The molecule has 4 N–H and O–H groups in total. The molecule has 0 bridgehead atoms. The summed E-state index contributed by atoms with van der Waals surface area (Å²) >= 11 is 1.12. The highest BCUT2D eigenvalue weighted by Crippen LogP contribution is 2.30. The Labute approximate surface area is 116 Å². The van der Waals surface area contributed by atoms with Crippen molar-refractivity contribution >= 4 is 22.6 Å². The van der Waals surface area contributed by atoms with Crippen LogP contribution in [0.5, 0.6) is 5.75 Å². The molecule has 2 atom stereocenters. The van der Waals surface area contributed by atoms with E-state index in [1.54, 1.807) is 18.2 Å². The van der Waals surface area contributed by atoms with E-state index < -0.39 is 12.2 Å².